The number of rotatable bonds is 4. The molecule has 1 aliphatic rings. The highest BCUT2D eigenvalue weighted by atomic mass is 32.2. The van der Waals surface area contributed by atoms with Gasteiger partial charge in [0, 0.05) is 23.5 Å². The molecule has 5 nitrogen and oxygen atoms in total. The van der Waals surface area contributed by atoms with Gasteiger partial charge in [0.05, 0.1) is 5.25 Å². The van der Waals surface area contributed by atoms with Crippen LogP contribution in [0.15, 0.2) is 48.8 Å². The number of hydrogen-bond donors (Lipinski definition) is 2. The fourth-order valence-electron chi connectivity index (χ4n) is 3.55. The lowest BCUT2D eigenvalue weighted by Crippen LogP contribution is -2.29. The number of sulfonamides is 1. The molecule has 6 heteroatoms. The lowest BCUT2D eigenvalue weighted by Gasteiger charge is -2.22. The van der Waals surface area contributed by atoms with E-state index in [1.807, 2.05) is 42.6 Å². The van der Waals surface area contributed by atoms with E-state index < -0.39 is 10.0 Å². The van der Waals surface area contributed by atoms with Crippen LogP contribution in [0.25, 0.3) is 22.2 Å². The molecular weight excluding hydrogens is 334 g/mol. The predicted molar refractivity (Wildman–Crippen MR) is 101 cm³/mol. The molecule has 2 aromatic heterocycles. The highest BCUT2D eigenvalue weighted by Crippen LogP contribution is 2.29. The van der Waals surface area contributed by atoms with Crippen molar-refractivity contribution in [1.82, 2.24) is 9.97 Å². The fourth-order valence-corrected chi connectivity index (χ4v) is 5.14. The van der Waals surface area contributed by atoms with Crippen LogP contribution in [0, 0.1) is 0 Å². The zero-order chi connectivity index (χ0) is 17.3. The molecule has 25 heavy (non-hydrogen) atoms. The average Bonchev–Trinajstić information content (AvgIpc) is 3.12. The molecule has 2 heterocycles. The van der Waals surface area contributed by atoms with Crippen LogP contribution >= 0.6 is 0 Å². The van der Waals surface area contributed by atoms with Gasteiger partial charge in [-0.25, -0.2) is 13.4 Å². The zero-order valence-corrected chi connectivity index (χ0v) is 14.7. The first-order valence-corrected chi connectivity index (χ1v) is 10.2. The number of nitrogens with zero attached hydrogens (tertiary/aromatic N) is 1. The normalized spacial score (nSPS) is 16.2. The summed E-state index contributed by atoms with van der Waals surface area (Å²) < 4.78 is 27.8. The molecule has 1 aromatic carbocycles. The molecule has 3 aromatic rings. The first-order valence-electron chi connectivity index (χ1n) is 8.68. The topological polar surface area (TPSA) is 74.8 Å². The Morgan fingerprint density at radius 2 is 1.76 bits per heavy atom. The van der Waals surface area contributed by atoms with Gasteiger partial charge in [-0.15, -0.1) is 0 Å². The number of aromatic nitrogens is 2. The molecule has 0 unspecified atom stereocenters. The standard InChI is InChI=1S/C19H21N3O2S/c23-25(24,16-4-2-1-3-5-16)22-15-8-6-14(7-9-15)17-10-12-20-19-18(17)11-13-21-19/h6-13,16,22H,1-5H2,(H,20,21). The van der Waals surface area contributed by atoms with Crippen LogP contribution in [0.5, 0.6) is 0 Å². The van der Waals surface area contributed by atoms with Crippen molar-refractivity contribution in [2.75, 3.05) is 4.72 Å². The molecule has 0 saturated heterocycles. The smallest absolute Gasteiger partial charge is 0.235 e. The summed E-state index contributed by atoms with van der Waals surface area (Å²) in [7, 11) is -3.30. The summed E-state index contributed by atoms with van der Waals surface area (Å²) in [5, 5.41) is 0.790. The molecule has 0 bridgehead atoms. The second-order valence-corrected chi connectivity index (χ2v) is 8.54. The first-order chi connectivity index (χ1) is 12.1. The van der Waals surface area contributed by atoms with Crippen LogP contribution in [0.4, 0.5) is 5.69 Å². The van der Waals surface area contributed by atoms with Gasteiger partial charge < -0.3 is 4.98 Å². The highest BCUT2D eigenvalue weighted by molar-refractivity contribution is 7.93. The maximum atomic E-state index is 12.5. The van der Waals surface area contributed by atoms with Gasteiger partial charge >= 0.3 is 0 Å². The van der Waals surface area contributed by atoms with Crippen molar-refractivity contribution in [2.24, 2.45) is 0 Å². The molecule has 4 rings (SSSR count). The largest absolute Gasteiger partial charge is 0.346 e. The van der Waals surface area contributed by atoms with Gasteiger partial charge in [0.1, 0.15) is 5.65 Å². The van der Waals surface area contributed by atoms with E-state index in [1.54, 1.807) is 6.20 Å². The SMILES string of the molecule is O=S(=O)(Nc1ccc(-c2ccnc3[nH]ccc23)cc1)C1CCCCC1. The van der Waals surface area contributed by atoms with E-state index in [2.05, 4.69) is 14.7 Å². The van der Waals surface area contributed by atoms with Crippen LogP contribution in [0.2, 0.25) is 0 Å². The number of pyridine rings is 1. The van der Waals surface area contributed by atoms with Gasteiger partial charge in [-0.05, 0) is 48.2 Å². The Hall–Kier alpha value is -2.34. The van der Waals surface area contributed by atoms with Crippen molar-refractivity contribution in [2.45, 2.75) is 37.4 Å². The van der Waals surface area contributed by atoms with Crippen molar-refractivity contribution in [3.05, 3.63) is 48.8 Å². The third-order valence-electron chi connectivity index (χ3n) is 4.91. The Bertz CT molecular complexity index is 971. The van der Waals surface area contributed by atoms with E-state index in [4.69, 9.17) is 0 Å². The van der Waals surface area contributed by atoms with Crippen molar-refractivity contribution in [1.29, 1.82) is 0 Å². The molecule has 0 radical (unpaired) electrons. The predicted octanol–water partition coefficient (Wildman–Crippen LogP) is 4.30. The molecule has 0 aliphatic heterocycles. The van der Waals surface area contributed by atoms with Crippen molar-refractivity contribution < 1.29 is 8.42 Å². The molecule has 0 amide bonds. The molecule has 0 spiro atoms. The minimum atomic E-state index is -3.30. The van der Waals surface area contributed by atoms with E-state index in [0.717, 1.165) is 54.3 Å². The van der Waals surface area contributed by atoms with Gasteiger partial charge in [0.25, 0.3) is 0 Å². The Morgan fingerprint density at radius 3 is 2.52 bits per heavy atom. The Morgan fingerprint density at radius 1 is 1.00 bits per heavy atom. The van der Waals surface area contributed by atoms with Crippen LogP contribution in [0.3, 0.4) is 0 Å². The molecule has 2 N–H and O–H groups in total. The van der Waals surface area contributed by atoms with Crippen LogP contribution in [-0.4, -0.2) is 23.6 Å². The van der Waals surface area contributed by atoms with Crippen molar-refractivity contribution >= 4 is 26.7 Å². The van der Waals surface area contributed by atoms with Crippen molar-refractivity contribution in [3.8, 4) is 11.1 Å². The van der Waals surface area contributed by atoms with Crippen LogP contribution in [-0.2, 0) is 10.0 Å². The second kappa shape index (κ2) is 6.52. The maximum Gasteiger partial charge on any atom is 0.235 e. The summed E-state index contributed by atoms with van der Waals surface area (Å²) in [6.45, 7) is 0. The number of anilines is 1. The van der Waals surface area contributed by atoms with Gasteiger partial charge in [-0.2, -0.15) is 0 Å². The summed E-state index contributed by atoms with van der Waals surface area (Å²) in [6, 6.07) is 11.5. The third-order valence-corrected chi connectivity index (χ3v) is 6.78. The van der Waals surface area contributed by atoms with E-state index in [1.165, 1.54) is 0 Å². The van der Waals surface area contributed by atoms with Crippen LogP contribution in [0.1, 0.15) is 32.1 Å². The van der Waals surface area contributed by atoms with Crippen LogP contribution < -0.4 is 4.72 Å². The monoisotopic (exact) mass is 355 g/mol. The lowest BCUT2D eigenvalue weighted by atomic mass is 10.0. The van der Waals surface area contributed by atoms with Gasteiger partial charge in [0.2, 0.25) is 10.0 Å². The van der Waals surface area contributed by atoms with Gasteiger partial charge in [0.15, 0.2) is 0 Å². The third kappa shape index (κ3) is 3.26. The lowest BCUT2D eigenvalue weighted by molar-refractivity contribution is 0.486. The van der Waals surface area contributed by atoms with Crippen molar-refractivity contribution in [3.63, 3.8) is 0 Å². The molecular formula is C19H21N3O2S. The zero-order valence-electron chi connectivity index (χ0n) is 13.9. The second-order valence-electron chi connectivity index (χ2n) is 6.58. The van der Waals surface area contributed by atoms with E-state index >= 15 is 0 Å². The number of fused-ring (bicyclic) bond motifs is 1. The van der Waals surface area contributed by atoms with E-state index in [0.29, 0.717) is 5.69 Å². The minimum Gasteiger partial charge on any atom is -0.346 e. The minimum absolute atomic E-state index is 0.263. The van der Waals surface area contributed by atoms with E-state index in [9.17, 15) is 8.42 Å². The molecule has 1 aliphatic carbocycles. The first kappa shape index (κ1) is 16.1. The number of hydrogen-bond acceptors (Lipinski definition) is 3. The Balaban J connectivity index is 1.57. The Kier molecular flexibility index (Phi) is 4.21. The van der Waals surface area contributed by atoms with E-state index in [-0.39, 0.29) is 5.25 Å². The maximum absolute atomic E-state index is 12.5. The summed E-state index contributed by atoms with van der Waals surface area (Å²) >= 11 is 0. The molecule has 130 valence electrons. The number of benzene rings is 1. The summed E-state index contributed by atoms with van der Waals surface area (Å²) in [5.41, 5.74) is 3.58. The Labute approximate surface area is 147 Å². The number of nitrogens with one attached hydrogen (secondary N) is 2. The average molecular weight is 355 g/mol. The molecule has 0 atom stereocenters. The number of H-pyrrole nitrogens is 1. The summed E-state index contributed by atoms with van der Waals surface area (Å²) in [5.74, 6) is 0. The van der Waals surface area contributed by atoms with Gasteiger partial charge in [-0.1, -0.05) is 31.4 Å². The van der Waals surface area contributed by atoms with Gasteiger partial charge in [-0.3, -0.25) is 4.72 Å². The number of aromatic amines is 1. The highest BCUT2D eigenvalue weighted by Gasteiger charge is 2.27. The summed E-state index contributed by atoms with van der Waals surface area (Å²) in [6.07, 6.45) is 8.30. The fraction of sp³-hybridized carbons (Fsp3) is 0.316. The molecule has 1 saturated carbocycles. The molecule has 1 fully saturated rings. The quantitative estimate of drug-likeness (QED) is 0.732. The summed E-state index contributed by atoms with van der Waals surface area (Å²) in [4.78, 5) is 7.40.